The molecule has 122 valence electrons. The van der Waals surface area contributed by atoms with Crippen LogP contribution in [0.1, 0.15) is 5.56 Å². The van der Waals surface area contributed by atoms with Crippen molar-refractivity contribution in [3.8, 4) is 0 Å². The highest BCUT2D eigenvalue weighted by Crippen LogP contribution is 2.28. The SMILES string of the molecule is CN(C)c1ccc2nccc(Nc3ccc(CC(N)=O)cc3)c2c1. The van der Waals surface area contributed by atoms with Crippen molar-refractivity contribution >= 4 is 33.9 Å². The number of nitrogens with two attached hydrogens (primary N) is 1. The fourth-order valence-corrected chi connectivity index (χ4v) is 2.58. The third-order valence-corrected chi connectivity index (χ3v) is 3.85. The van der Waals surface area contributed by atoms with Gasteiger partial charge >= 0.3 is 0 Å². The molecule has 3 rings (SSSR count). The van der Waals surface area contributed by atoms with Crippen molar-refractivity contribution in [2.24, 2.45) is 5.73 Å². The van der Waals surface area contributed by atoms with E-state index >= 15 is 0 Å². The maximum atomic E-state index is 11.0. The van der Waals surface area contributed by atoms with Gasteiger partial charge in [-0.25, -0.2) is 0 Å². The normalized spacial score (nSPS) is 10.6. The van der Waals surface area contributed by atoms with Gasteiger partial charge in [-0.05, 0) is 42.0 Å². The minimum atomic E-state index is -0.327. The van der Waals surface area contributed by atoms with E-state index in [1.54, 1.807) is 6.20 Å². The van der Waals surface area contributed by atoms with Crippen LogP contribution in [0.5, 0.6) is 0 Å². The van der Waals surface area contributed by atoms with Crippen molar-refractivity contribution in [1.82, 2.24) is 4.98 Å². The number of anilines is 3. The van der Waals surface area contributed by atoms with E-state index in [9.17, 15) is 4.79 Å². The number of hydrogen-bond acceptors (Lipinski definition) is 4. The van der Waals surface area contributed by atoms with Crippen molar-refractivity contribution in [3.05, 3.63) is 60.3 Å². The molecule has 0 aliphatic carbocycles. The summed E-state index contributed by atoms with van der Waals surface area (Å²) in [4.78, 5) is 17.5. The molecule has 1 heterocycles. The molecule has 1 amide bonds. The van der Waals surface area contributed by atoms with Crippen LogP contribution in [-0.2, 0) is 11.2 Å². The van der Waals surface area contributed by atoms with E-state index in [-0.39, 0.29) is 12.3 Å². The van der Waals surface area contributed by atoms with E-state index in [0.717, 1.165) is 33.5 Å². The van der Waals surface area contributed by atoms with Gasteiger partial charge in [0.25, 0.3) is 0 Å². The molecule has 0 aliphatic heterocycles. The van der Waals surface area contributed by atoms with Gasteiger partial charge in [0, 0.05) is 42.7 Å². The molecular weight excluding hydrogens is 300 g/mol. The van der Waals surface area contributed by atoms with E-state index in [0.29, 0.717) is 0 Å². The number of fused-ring (bicyclic) bond motifs is 1. The maximum absolute atomic E-state index is 11.0. The van der Waals surface area contributed by atoms with Gasteiger partial charge in [0.15, 0.2) is 0 Å². The van der Waals surface area contributed by atoms with Crippen LogP contribution in [0, 0.1) is 0 Å². The third-order valence-electron chi connectivity index (χ3n) is 3.85. The third kappa shape index (κ3) is 3.46. The van der Waals surface area contributed by atoms with Crippen molar-refractivity contribution in [3.63, 3.8) is 0 Å². The topological polar surface area (TPSA) is 71.2 Å². The zero-order valence-electron chi connectivity index (χ0n) is 13.8. The molecule has 0 aliphatic rings. The molecule has 5 heteroatoms. The first-order valence-electron chi connectivity index (χ1n) is 7.73. The van der Waals surface area contributed by atoms with Crippen LogP contribution in [0.25, 0.3) is 10.9 Å². The van der Waals surface area contributed by atoms with Gasteiger partial charge in [-0.1, -0.05) is 12.1 Å². The lowest BCUT2D eigenvalue weighted by molar-refractivity contribution is -0.117. The van der Waals surface area contributed by atoms with Crippen LogP contribution < -0.4 is 16.0 Å². The number of carbonyl (C=O) groups excluding carboxylic acids is 1. The smallest absolute Gasteiger partial charge is 0.221 e. The van der Waals surface area contributed by atoms with E-state index in [4.69, 9.17) is 5.73 Å². The van der Waals surface area contributed by atoms with E-state index in [1.807, 2.05) is 50.5 Å². The molecule has 0 radical (unpaired) electrons. The average molecular weight is 320 g/mol. The lowest BCUT2D eigenvalue weighted by Gasteiger charge is -2.15. The first kappa shape index (κ1) is 15.8. The van der Waals surface area contributed by atoms with Crippen molar-refractivity contribution in [2.75, 3.05) is 24.3 Å². The van der Waals surface area contributed by atoms with Gasteiger partial charge in [0.2, 0.25) is 5.91 Å². The summed E-state index contributed by atoms with van der Waals surface area (Å²) < 4.78 is 0. The predicted molar refractivity (Wildman–Crippen MR) is 98.7 cm³/mol. The largest absolute Gasteiger partial charge is 0.378 e. The predicted octanol–water partition coefficient (Wildman–Crippen LogP) is 3.07. The molecule has 2 aromatic carbocycles. The number of hydrogen-bond donors (Lipinski definition) is 2. The highest BCUT2D eigenvalue weighted by atomic mass is 16.1. The zero-order valence-corrected chi connectivity index (χ0v) is 13.8. The zero-order chi connectivity index (χ0) is 17.1. The number of benzene rings is 2. The standard InChI is InChI=1S/C19H20N4O/c1-23(2)15-7-8-17-16(12-15)18(9-10-21-17)22-14-5-3-13(4-6-14)11-19(20)24/h3-10,12H,11H2,1-2H3,(H2,20,24)(H,21,22). The van der Waals surface area contributed by atoms with E-state index in [1.165, 1.54) is 0 Å². The van der Waals surface area contributed by atoms with Gasteiger partial charge < -0.3 is 16.0 Å². The number of primary amides is 1. The average Bonchev–Trinajstić information content (AvgIpc) is 2.56. The number of pyridine rings is 1. The molecule has 24 heavy (non-hydrogen) atoms. The second kappa shape index (κ2) is 6.58. The van der Waals surface area contributed by atoms with Gasteiger partial charge in [-0.15, -0.1) is 0 Å². The van der Waals surface area contributed by atoms with Gasteiger partial charge in [-0.2, -0.15) is 0 Å². The van der Waals surface area contributed by atoms with Gasteiger partial charge in [0.1, 0.15) is 0 Å². The Hall–Kier alpha value is -3.08. The molecule has 0 unspecified atom stereocenters. The summed E-state index contributed by atoms with van der Waals surface area (Å²) in [6, 6.07) is 15.8. The molecule has 0 saturated carbocycles. The number of nitrogens with one attached hydrogen (secondary N) is 1. The highest BCUT2D eigenvalue weighted by Gasteiger charge is 2.05. The minimum absolute atomic E-state index is 0.255. The molecule has 0 bridgehead atoms. The lowest BCUT2D eigenvalue weighted by Crippen LogP contribution is -2.13. The Labute approximate surface area is 141 Å². The Morgan fingerprint density at radius 1 is 1.12 bits per heavy atom. The summed E-state index contributed by atoms with van der Waals surface area (Å²) in [5.41, 5.74) is 10.1. The molecule has 0 spiro atoms. The second-order valence-corrected chi connectivity index (χ2v) is 5.92. The lowest BCUT2D eigenvalue weighted by atomic mass is 10.1. The molecule has 1 aromatic heterocycles. The van der Waals surface area contributed by atoms with E-state index < -0.39 is 0 Å². The molecule has 0 atom stereocenters. The quantitative estimate of drug-likeness (QED) is 0.758. The summed E-state index contributed by atoms with van der Waals surface area (Å²) >= 11 is 0. The number of amides is 1. The van der Waals surface area contributed by atoms with Crippen LogP contribution in [0.2, 0.25) is 0 Å². The Morgan fingerprint density at radius 3 is 2.54 bits per heavy atom. The van der Waals surface area contributed by atoms with Crippen molar-refractivity contribution < 1.29 is 4.79 Å². The summed E-state index contributed by atoms with van der Waals surface area (Å²) in [5, 5.41) is 4.48. The van der Waals surface area contributed by atoms with Gasteiger partial charge in [0.05, 0.1) is 11.9 Å². The summed E-state index contributed by atoms with van der Waals surface area (Å²) in [6.07, 6.45) is 2.05. The monoisotopic (exact) mass is 320 g/mol. The molecule has 0 saturated heterocycles. The number of nitrogens with zero attached hydrogens (tertiary/aromatic N) is 2. The fraction of sp³-hybridized carbons (Fsp3) is 0.158. The first-order chi connectivity index (χ1) is 11.5. The maximum Gasteiger partial charge on any atom is 0.221 e. The summed E-state index contributed by atoms with van der Waals surface area (Å²) in [5.74, 6) is -0.327. The molecular formula is C19H20N4O. The van der Waals surface area contributed by atoms with Crippen molar-refractivity contribution in [1.29, 1.82) is 0 Å². The van der Waals surface area contributed by atoms with E-state index in [2.05, 4.69) is 27.3 Å². The number of carbonyl (C=O) groups is 1. The van der Waals surface area contributed by atoms with Gasteiger partial charge in [-0.3, -0.25) is 9.78 Å². The number of aromatic nitrogens is 1. The van der Waals surface area contributed by atoms with Crippen LogP contribution in [-0.4, -0.2) is 25.0 Å². The Bertz CT molecular complexity index is 872. The molecule has 3 aromatic rings. The fourth-order valence-electron chi connectivity index (χ4n) is 2.58. The Kier molecular flexibility index (Phi) is 4.33. The van der Waals surface area contributed by atoms with Crippen LogP contribution in [0.3, 0.4) is 0 Å². The Balaban J connectivity index is 1.91. The van der Waals surface area contributed by atoms with Crippen LogP contribution in [0.15, 0.2) is 54.7 Å². The summed E-state index contributed by atoms with van der Waals surface area (Å²) in [6.45, 7) is 0. The molecule has 0 fully saturated rings. The highest BCUT2D eigenvalue weighted by molar-refractivity contribution is 5.95. The molecule has 3 N–H and O–H groups in total. The van der Waals surface area contributed by atoms with Crippen LogP contribution >= 0.6 is 0 Å². The Morgan fingerprint density at radius 2 is 1.88 bits per heavy atom. The van der Waals surface area contributed by atoms with Crippen LogP contribution in [0.4, 0.5) is 17.1 Å². The number of rotatable bonds is 5. The molecule has 5 nitrogen and oxygen atoms in total. The summed E-state index contributed by atoms with van der Waals surface area (Å²) in [7, 11) is 4.03. The minimum Gasteiger partial charge on any atom is -0.378 e. The second-order valence-electron chi connectivity index (χ2n) is 5.92. The van der Waals surface area contributed by atoms with Crippen molar-refractivity contribution in [2.45, 2.75) is 6.42 Å². The first-order valence-corrected chi connectivity index (χ1v) is 7.73.